The molecule has 3 rings (SSSR count). The maximum Gasteiger partial charge on any atom is 0.293 e. The van der Waals surface area contributed by atoms with Gasteiger partial charge in [0.25, 0.3) is 5.91 Å². The van der Waals surface area contributed by atoms with Gasteiger partial charge in [-0.05, 0) is 25.7 Å². The Morgan fingerprint density at radius 3 is 2.85 bits per heavy atom. The van der Waals surface area contributed by atoms with Gasteiger partial charge in [0.1, 0.15) is 5.82 Å². The number of carbonyl (C=O) groups excluding carboxylic acids is 2. The molecule has 1 aliphatic carbocycles. The van der Waals surface area contributed by atoms with Gasteiger partial charge < -0.3 is 10.2 Å². The van der Waals surface area contributed by atoms with Crippen LogP contribution in [0, 0.1) is 0 Å². The number of piperidine rings is 1. The van der Waals surface area contributed by atoms with Crippen LogP contribution in [0.2, 0.25) is 0 Å². The molecular weight excluding hydrogens is 258 g/mol. The Balaban J connectivity index is 1.64. The summed E-state index contributed by atoms with van der Waals surface area (Å²) in [6.45, 7) is 2.73. The molecule has 7 heteroatoms. The molecule has 108 valence electrons. The first-order valence-electron chi connectivity index (χ1n) is 7.12. The summed E-state index contributed by atoms with van der Waals surface area (Å²) in [6, 6.07) is 0.0343. The monoisotopic (exact) mass is 277 g/mol. The van der Waals surface area contributed by atoms with Gasteiger partial charge in [0.15, 0.2) is 0 Å². The second-order valence-corrected chi connectivity index (χ2v) is 5.61. The summed E-state index contributed by atoms with van der Waals surface area (Å²) >= 11 is 0. The van der Waals surface area contributed by atoms with Gasteiger partial charge in [-0.1, -0.05) is 0 Å². The van der Waals surface area contributed by atoms with Crippen LogP contribution in [0.5, 0.6) is 0 Å². The van der Waals surface area contributed by atoms with E-state index in [1.165, 1.54) is 6.92 Å². The summed E-state index contributed by atoms with van der Waals surface area (Å²) < 4.78 is 0. The number of aromatic amines is 1. The average molecular weight is 277 g/mol. The van der Waals surface area contributed by atoms with Crippen molar-refractivity contribution in [3.63, 3.8) is 0 Å². The van der Waals surface area contributed by atoms with Crippen LogP contribution in [0.3, 0.4) is 0 Å². The third-order valence-corrected chi connectivity index (χ3v) is 3.77. The minimum atomic E-state index is -0.150. The molecule has 2 aliphatic rings. The molecule has 0 bridgehead atoms. The van der Waals surface area contributed by atoms with E-state index in [1.54, 1.807) is 4.90 Å². The van der Waals surface area contributed by atoms with Crippen molar-refractivity contribution >= 4 is 11.8 Å². The van der Waals surface area contributed by atoms with E-state index < -0.39 is 0 Å². The summed E-state index contributed by atoms with van der Waals surface area (Å²) in [5.41, 5.74) is 0. The highest BCUT2D eigenvalue weighted by atomic mass is 16.2. The predicted octanol–water partition coefficient (Wildman–Crippen LogP) is 0.423. The van der Waals surface area contributed by atoms with Crippen molar-refractivity contribution in [3.05, 3.63) is 11.6 Å². The van der Waals surface area contributed by atoms with Gasteiger partial charge in [0.2, 0.25) is 11.7 Å². The van der Waals surface area contributed by atoms with Gasteiger partial charge in [-0.2, -0.15) is 0 Å². The van der Waals surface area contributed by atoms with E-state index in [0.717, 1.165) is 31.5 Å². The Morgan fingerprint density at radius 1 is 1.35 bits per heavy atom. The van der Waals surface area contributed by atoms with Gasteiger partial charge in [-0.25, -0.2) is 4.98 Å². The number of H-pyrrole nitrogens is 1. The standard InChI is InChI=1S/C13H19N5O2/c1-8(19)14-10-3-2-6-18(7-10)13(20)12-15-11(16-17-12)9-4-5-9/h9-10H,2-7H2,1H3,(H,14,19)(H,15,16,17). The third-order valence-electron chi connectivity index (χ3n) is 3.77. The number of amides is 2. The van der Waals surface area contributed by atoms with E-state index in [9.17, 15) is 9.59 Å². The fraction of sp³-hybridized carbons (Fsp3) is 0.692. The molecule has 2 N–H and O–H groups in total. The lowest BCUT2D eigenvalue weighted by atomic mass is 10.1. The average Bonchev–Trinajstić information content (AvgIpc) is 3.15. The largest absolute Gasteiger partial charge is 0.352 e. The molecule has 1 saturated carbocycles. The molecule has 1 aromatic rings. The number of likely N-dealkylation sites (tertiary alicyclic amines) is 1. The molecule has 0 aromatic carbocycles. The van der Waals surface area contributed by atoms with Gasteiger partial charge in [-0.15, -0.1) is 5.10 Å². The summed E-state index contributed by atoms with van der Waals surface area (Å²) in [7, 11) is 0. The van der Waals surface area contributed by atoms with E-state index in [-0.39, 0.29) is 23.7 Å². The van der Waals surface area contributed by atoms with E-state index in [0.29, 0.717) is 19.0 Å². The molecule has 7 nitrogen and oxygen atoms in total. The summed E-state index contributed by atoms with van der Waals surface area (Å²) in [6.07, 6.45) is 4.04. The summed E-state index contributed by atoms with van der Waals surface area (Å²) in [4.78, 5) is 29.5. The topological polar surface area (TPSA) is 91.0 Å². The Morgan fingerprint density at radius 2 is 2.15 bits per heavy atom. The highest BCUT2D eigenvalue weighted by Crippen LogP contribution is 2.37. The number of nitrogens with zero attached hydrogens (tertiary/aromatic N) is 3. The van der Waals surface area contributed by atoms with Crippen LogP contribution in [0.4, 0.5) is 0 Å². The molecule has 0 spiro atoms. The first kappa shape index (κ1) is 13.1. The molecule has 1 saturated heterocycles. The first-order valence-corrected chi connectivity index (χ1v) is 7.12. The van der Waals surface area contributed by atoms with E-state index in [1.807, 2.05) is 0 Å². The van der Waals surface area contributed by atoms with Crippen LogP contribution < -0.4 is 5.32 Å². The SMILES string of the molecule is CC(=O)NC1CCCN(C(=O)c2n[nH]c(C3CC3)n2)C1. The van der Waals surface area contributed by atoms with Crippen molar-refractivity contribution in [2.45, 2.75) is 44.6 Å². The van der Waals surface area contributed by atoms with Crippen molar-refractivity contribution in [2.24, 2.45) is 0 Å². The minimum Gasteiger partial charge on any atom is -0.352 e. The fourth-order valence-corrected chi connectivity index (χ4v) is 2.62. The van der Waals surface area contributed by atoms with Crippen molar-refractivity contribution in [3.8, 4) is 0 Å². The highest BCUT2D eigenvalue weighted by Gasteiger charge is 2.31. The second kappa shape index (κ2) is 5.22. The maximum absolute atomic E-state index is 12.4. The van der Waals surface area contributed by atoms with Crippen LogP contribution in [0.25, 0.3) is 0 Å². The molecule has 2 amide bonds. The van der Waals surface area contributed by atoms with Gasteiger partial charge in [-0.3, -0.25) is 14.7 Å². The molecule has 1 unspecified atom stereocenters. The van der Waals surface area contributed by atoms with Crippen molar-refractivity contribution < 1.29 is 9.59 Å². The second-order valence-electron chi connectivity index (χ2n) is 5.61. The van der Waals surface area contributed by atoms with Gasteiger partial charge in [0, 0.05) is 32.0 Å². The molecule has 2 fully saturated rings. The smallest absolute Gasteiger partial charge is 0.293 e. The van der Waals surface area contributed by atoms with Crippen LogP contribution in [0.15, 0.2) is 0 Å². The lowest BCUT2D eigenvalue weighted by Gasteiger charge is -2.32. The van der Waals surface area contributed by atoms with Crippen molar-refractivity contribution in [1.82, 2.24) is 25.4 Å². The fourth-order valence-electron chi connectivity index (χ4n) is 2.62. The third kappa shape index (κ3) is 2.81. The summed E-state index contributed by atoms with van der Waals surface area (Å²) in [5.74, 6) is 1.32. The zero-order valence-electron chi connectivity index (χ0n) is 11.6. The molecule has 2 heterocycles. The maximum atomic E-state index is 12.4. The summed E-state index contributed by atoms with van der Waals surface area (Å²) in [5, 5.41) is 9.75. The highest BCUT2D eigenvalue weighted by molar-refractivity contribution is 5.90. The number of hydrogen-bond donors (Lipinski definition) is 2. The molecular formula is C13H19N5O2. The Bertz CT molecular complexity index is 523. The zero-order chi connectivity index (χ0) is 14.1. The Labute approximate surface area is 117 Å². The first-order chi connectivity index (χ1) is 9.63. The minimum absolute atomic E-state index is 0.0343. The molecule has 1 atom stereocenters. The van der Waals surface area contributed by atoms with Gasteiger partial charge in [0.05, 0.1) is 0 Å². The van der Waals surface area contributed by atoms with Crippen LogP contribution >= 0.6 is 0 Å². The van der Waals surface area contributed by atoms with Gasteiger partial charge >= 0.3 is 0 Å². The van der Waals surface area contributed by atoms with E-state index in [4.69, 9.17) is 0 Å². The number of carbonyl (C=O) groups is 2. The van der Waals surface area contributed by atoms with E-state index >= 15 is 0 Å². The zero-order valence-corrected chi connectivity index (χ0v) is 11.6. The number of hydrogen-bond acceptors (Lipinski definition) is 4. The van der Waals surface area contributed by atoms with Crippen LogP contribution in [-0.4, -0.2) is 51.0 Å². The van der Waals surface area contributed by atoms with Crippen molar-refractivity contribution in [2.75, 3.05) is 13.1 Å². The number of rotatable bonds is 3. The molecule has 1 aromatic heterocycles. The lowest BCUT2D eigenvalue weighted by molar-refractivity contribution is -0.120. The number of aromatic nitrogens is 3. The van der Waals surface area contributed by atoms with Crippen molar-refractivity contribution in [1.29, 1.82) is 0 Å². The van der Waals surface area contributed by atoms with E-state index in [2.05, 4.69) is 20.5 Å². The predicted molar refractivity (Wildman–Crippen MR) is 71.1 cm³/mol. The van der Waals surface area contributed by atoms with Crippen LogP contribution in [-0.2, 0) is 4.79 Å². The lowest BCUT2D eigenvalue weighted by Crippen LogP contribution is -2.49. The Hall–Kier alpha value is -1.92. The quantitative estimate of drug-likeness (QED) is 0.838. The number of nitrogens with one attached hydrogen (secondary N) is 2. The normalized spacial score (nSPS) is 22.6. The Kier molecular flexibility index (Phi) is 3.42. The molecule has 1 aliphatic heterocycles. The van der Waals surface area contributed by atoms with Crippen LogP contribution in [0.1, 0.15) is 55.0 Å². The molecule has 0 radical (unpaired) electrons. The molecule has 20 heavy (non-hydrogen) atoms.